The molecule has 2 aromatic heterocycles. The van der Waals surface area contributed by atoms with E-state index >= 15 is 0 Å². The minimum Gasteiger partial charge on any atom is -0.324 e. The van der Waals surface area contributed by atoms with Crippen LogP contribution in [-0.4, -0.2) is 30.9 Å². The summed E-state index contributed by atoms with van der Waals surface area (Å²) < 4.78 is 13.1. The quantitative estimate of drug-likeness (QED) is 0.0860. The van der Waals surface area contributed by atoms with Crippen LogP contribution in [0.3, 0.4) is 0 Å². The second-order valence-corrected chi connectivity index (χ2v) is 12.2. The molecule has 0 fully saturated rings. The minimum absolute atomic E-state index is 0.000179. The first kappa shape index (κ1) is 29.5. The van der Waals surface area contributed by atoms with Gasteiger partial charge in [0.05, 0.1) is 0 Å². The van der Waals surface area contributed by atoms with Gasteiger partial charge in [0.2, 0.25) is 0 Å². The third-order valence-electron chi connectivity index (χ3n) is 7.18. The molecule has 7 nitrogen and oxygen atoms in total. The number of nitrogens with zero attached hydrogens (tertiary/aromatic N) is 4. The number of rotatable bonds is 13. The van der Waals surface area contributed by atoms with Gasteiger partial charge in [-0.15, -0.1) is 0 Å². The van der Waals surface area contributed by atoms with Crippen molar-refractivity contribution in [3.8, 4) is 45.3 Å². The summed E-state index contributed by atoms with van der Waals surface area (Å²) >= 11 is 0. The van der Waals surface area contributed by atoms with Gasteiger partial charge in [-0.05, 0) is 24.0 Å². The van der Waals surface area contributed by atoms with E-state index in [0.29, 0.717) is 23.9 Å². The van der Waals surface area contributed by atoms with Gasteiger partial charge in [0.25, 0.3) is 0 Å². The normalized spacial score (nSPS) is 11.5. The molecule has 0 saturated heterocycles. The fourth-order valence-corrected chi connectivity index (χ4v) is 5.50. The van der Waals surface area contributed by atoms with Crippen LogP contribution in [0.1, 0.15) is 38.5 Å². The summed E-state index contributed by atoms with van der Waals surface area (Å²) in [5.41, 5.74) is 5.11. The number of aryl methyl sites for hydroxylation is 1. The molecule has 0 aliphatic rings. The van der Waals surface area contributed by atoms with Crippen molar-refractivity contribution in [1.29, 1.82) is 0 Å². The highest BCUT2D eigenvalue weighted by Crippen LogP contribution is 2.35. The predicted octanol–water partition coefficient (Wildman–Crippen LogP) is 7.35. The van der Waals surface area contributed by atoms with Gasteiger partial charge >= 0.3 is 7.60 Å². The second kappa shape index (κ2) is 14.2. The maximum Gasteiger partial charge on any atom is 0.325 e. The number of aromatic nitrogens is 4. The summed E-state index contributed by atoms with van der Waals surface area (Å²) in [7, 11) is -3.85. The monoisotopic (exact) mass is 579 g/mol. The Morgan fingerprint density at radius 1 is 0.500 bits per heavy atom. The molecule has 0 aliphatic heterocycles. The first-order valence-electron chi connectivity index (χ1n) is 14.5. The zero-order valence-corrected chi connectivity index (χ0v) is 24.5. The third kappa shape index (κ3) is 8.49. The van der Waals surface area contributed by atoms with Crippen LogP contribution in [0.15, 0.2) is 109 Å². The molecule has 8 heteroatoms. The zero-order chi connectivity index (χ0) is 29.2. The second-order valence-electron chi connectivity index (χ2n) is 10.4. The van der Waals surface area contributed by atoms with Gasteiger partial charge in [0.1, 0.15) is 6.54 Å². The van der Waals surface area contributed by atoms with Crippen molar-refractivity contribution in [1.82, 2.24) is 15.0 Å². The number of hydrogen-bond acceptors (Lipinski definition) is 4. The molecular weight excluding hydrogens is 543 g/mol. The Morgan fingerprint density at radius 2 is 0.905 bits per heavy atom. The van der Waals surface area contributed by atoms with Crippen molar-refractivity contribution in [3.63, 3.8) is 0 Å². The third-order valence-corrected chi connectivity index (χ3v) is 8.08. The van der Waals surface area contributed by atoms with Gasteiger partial charge < -0.3 is 9.79 Å². The van der Waals surface area contributed by atoms with Crippen LogP contribution < -0.4 is 4.57 Å². The van der Waals surface area contributed by atoms with Crippen LogP contribution in [-0.2, 0) is 11.1 Å². The molecule has 0 spiro atoms. The van der Waals surface area contributed by atoms with Crippen LogP contribution in [0.25, 0.3) is 45.3 Å². The molecule has 214 valence electrons. The predicted molar refractivity (Wildman–Crippen MR) is 166 cm³/mol. The van der Waals surface area contributed by atoms with Crippen molar-refractivity contribution in [2.75, 3.05) is 6.16 Å². The molecule has 0 atom stereocenters. The summed E-state index contributed by atoms with van der Waals surface area (Å²) in [5.74, 6) is 1.94. The first-order chi connectivity index (χ1) is 20.4. The minimum atomic E-state index is -3.85. The first-order valence-corrected chi connectivity index (χ1v) is 16.3. The molecule has 0 amide bonds. The van der Waals surface area contributed by atoms with E-state index < -0.39 is 7.60 Å². The molecule has 0 unspecified atom stereocenters. The highest BCUT2D eigenvalue weighted by Gasteiger charge is 2.13. The van der Waals surface area contributed by atoms with E-state index in [4.69, 9.17) is 24.7 Å². The fourth-order valence-electron chi connectivity index (χ4n) is 4.87. The van der Waals surface area contributed by atoms with Gasteiger partial charge in [-0.2, -0.15) is 0 Å². The van der Waals surface area contributed by atoms with Gasteiger partial charge in [-0.25, -0.2) is 19.5 Å². The molecule has 0 saturated carbocycles. The van der Waals surface area contributed by atoms with E-state index in [1.807, 2.05) is 60.7 Å². The smallest absolute Gasteiger partial charge is 0.324 e. The maximum atomic E-state index is 10.9. The summed E-state index contributed by atoms with van der Waals surface area (Å²) in [6, 6.07) is 32.6. The van der Waals surface area contributed by atoms with Crippen LogP contribution in [0.5, 0.6) is 0 Å². The van der Waals surface area contributed by atoms with Crippen LogP contribution >= 0.6 is 7.60 Å². The van der Waals surface area contributed by atoms with Crippen LogP contribution in [0.2, 0.25) is 0 Å². The van der Waals surface area contributed by atoms with E-state index in [2.05, 4.69) is 53.4 Å². The molecule has 0 radical (unpaired) electrons. The summed E-state index contributed by atoms with van der Waals surface area (Å²) in [6.45, 7) is 0.953. The van der Waals surface area contributed by atoms with Gasteiger partial charge in [-0.1, -0.05) is 104 Å². The molecule has 42 heavy (non-hydrogen) atoms. The summed E-state index contributed by atoms with van der Waals surface area (Å²) in [5, 5.41) is 0. The van der Waals surface area contributed by atoms with E-state index in [1.54, 1.807) is 0 Å². The molecule has 0 aliphatic carbocycles. The molecule has 5 aromatic rings. The number of unbranched alkanes of at least 4 members (excludes halogenated alkanes) is 5. The Morgan fingerprint density at radius 3 is 1.40 bits per heavy atom. The van der Waals surface area contributed by atoms with Gasteiger partial charge in [0, 0.05) is 41.4 Å². The lowest BCUT2D eigenvalue weighted by Crippen LogP contribution is -2.32. The molecule has 2 heterocycles. The average molecular weight is 580 g/mol. The van der Waals surface area contributed by atoms with Crippen molar-refractivity contribution in [3.05, 3.63) is 109 Å². The number of hydrogen-bond donors (Lipinski definition) is 2. The molecule has 5 rings (SSSR count). The van der Waals surface area contributed by atoms with E-state index in [-0.39, 0.29) is 6.16 Å². The molecule has 2 N–H and O–H groups in total. The van der Waals surface area contributed by atoms with E-state index in [9.17, 15) is 4.57 Å². The Bertz CT molecular complexity index is 1550. The fraction of sp³-hybridized carbons (Fsp3) is 0.235. The van der Waals surface area contributed by atoms with Gasteiger partial charge in [0.15, 0.2) is 29.9 Å². The SMILES string of the molecule is O=P(O)(O)CCCCCCCC[n+]1ccc(-c2ccc(-c3nc(-c4ccccc4)nc(-c4ccccc4)n3)cc2)cc1. The van der Waals surface area contributed by atoms with Crippen molar-refractivity contribution in [2.24, 2.45) is 0 Å². The number of benzene rings is 3. The largest absolute Gasteiger partial charge is 0.325 e. The summed E-state index contributed by atoms with van der Waals surface area (Å²) in [6.07, 6.45) is 10.0. The van der Waals surface area contributed by atoms with E-state index in [1.165, 1.54) is 0 Å². The Labute approximate surface area is 247 Å². The van der Waals surface area contributed by atoms with Gasteiger partial charge in [-0.3, -0.25) is 4.57 Å². The number of pyridine rings is 1. The zero-order valence-electron chi connectivity index (χ0n) is 23.6. The van der Waals surface area contributed by atoms with Crippen molar-refractivity contribution in [2.45, 2.75) is 45.1 Å². The van der Waals surface area contributed by atoms with E-state index in [0.717, 1.165) is 66.5 Å². The van der Waals surface area contributed by atoms with Crippen LogP contribution in [0.4, 0.5) is 0 Å². The Balaban J connectivity index is 1.22. The maximum absolute atomic E-state index is 10.9. The molecule has 0 bridgehead atoms. The highest BCUT2D eigenvalue weighted by molar-refractivity contribution is 7.51. The lowest BCUT2D eigenvalue weighted by Gasteiger charge is -2.09. The lowest BCUT2D eigenvalue weighted by molar-refractivity contribution is -0.697. The Hall–Kier alpha value is -4.03. The topological polar surface area (TPSA) is 100 Å². The van der Waals surface area contributed by atoms with Crippen LogP contribution in [0, 0.1) is 0 Å². The molecular formula is C34H36N4O3P+. The lowest BCUT2D eigenvalue weighted by atomic mass is 10.0. The molecule has 3 aromatic carbocycles. The van der Waals surface area contributed by atoms with Crippen molar-refractivity contribution >= 4 is 7.60 Å². The average Bonchev–Trinajstić information content (AvgIpc) is 3.03. The highest BCUT2D eigenvalue weighted by atomic mass is 31.2. The van der Waals surface area contributed by atoms with Crippen molar-refractivity contribution < 1.29 is 18.9 Å². The standard InChI is InChI=1S/C34H35N4O3P/c39-42(40,41)26-12-4-2-1-3-11-23-38-24-21-28(22-25-38)27-17-19-31(20-18-27)34-36-32(29-13-7-5-8-14-29)35-33(37-34)30-15-9-6-10-16-30/h5-10,13-22,24-25H,1-4,11-12,23,26H2,(H-,39,40,41)/p+1. The summed E-state index contributed by atoms with van der Waals surface area (Å²) in [4.78, 5) is 32.3. The Kier molecular flexibility index (Phi) is 9.98.